The van der Waals surface area contributed by atoms with Crippen molar-refractivity contribution in [2.24, 2.45) is 0 Å². The molecule has 15 heavy (non-hydrogen) atoms. The van der Waals surface area contributed by atoms with Crippen molar-refractivity contribution in [1.29, 1.82) is 0 Å². The van der Waals surface area contributed by atoms with Gasteiger partial charge in [0.2, 0.25) is 0 Å². The molecule has 0 saturated heterocycles. The zero-order valence-electron chi connectivity index (χ0n) is 8.29. The van der Waals surface area contributed by atoms with Crippen molar-refractivity contribution in [3.63, 3.8) is 0 Å². The molecule has 3 rings (SSSR count). The second-order valence-electron chi connectivity index (χ2n) is 4.32. The van der Waals surface area contributed by atoms with E-state index in [0.717, 1.165) is 29.4 Å². The van der Waals surface area contributed by atoms with Crippen LogP contribution in [0.4, 0.5) is 5.69 Å². The number of halogens is 1. The van der Waals surface area contributed by atoms with E-state index in [-0.39, 0.29) is 6.04 Å². The number of Topliss-reactive ketones (excluding diaryl/α,β-unsaturated/α-hetero) is 1. The van der Waals surface area contributed by atoms with Crippen LogP contribution in [-0.2, 0) is 4.79 Å². The molecule has 0 amide bonds. The molecule has 2 nitrogen and oxygen atoms in total. The maximum atomic E-state index is 11.8. The van der Waals surface area contributed by atoms with Crippen LogP contribution in [0.15, 0.2) is 22.7 Å². The summed E-state index contributed by atoms with van der Waals surface area (Å²) in [5.41, 5.74) is 2.45. The summed E-state index contributed by atoms with van der Waals surface area (Å²) in [5, 5.41) is 3.34. The normalized spacial score (nSPS) is 28.2. The van der Waals surface area contributed by atoms with Crippen molar-refractivity contribution in [3.05, 3.63) is 28.2 Å². The summed E-state index contributed by atoms with van der Waals surface area (Å²) in [6.07, 6.45) is 2.91. The average Bonchev–Trinajstić information content (AvgIpc) is 2.58. The Balaban J connectivity index is 2.05. The number of rotatable bonds is 0. The van der Waals surface area contributed by atoms with Gasteiger partial charge < -0.3 is 5.32 Å². The number of anilines is 1. The highest BCUT2D eigenvalue weighted by atomic mass is 79.9. The van der Waals surface area contributed by atoms with E-state index < -0.39 is 0 Å². The smallest absolute Gasteiger partial charge is 0.155 e. The van der Waals surface area contributed by atoms with E-state index in [4.69, 9.17) is 0 Å². The Hall–Kier alpha value is -0.830. The molecule has 1 aliphatic heterocycles. The van der Waals surface area contributed by atoms with Crippen molar-refractivity contribution in [2.45, 2.75) is 31.2 Å². The molecule has 0 aromatic heterocycles. The minimum atomic E-state index is 0.0445. The Morgan fingerprint density at radius 2 is 2.27 bits per heavy atom. The van der Waals surface area contributed by atoms with Gasteiger partial charge in [-0.05, 0) is 36.6 Å². The highest BCUT2D eigenvalue weighted by Crippen LogP contribution is 2.43. The molecular formula is C12H12BrNO. The maximum Gasteiger partial charge on any atom is 0.155 e. The van der Waals surface area contributed by atoms with Gasteiger partial charge in [0.15, 0.2) is 5.78 Å². The fraction of sp³-hybridized carbons (Fsp3) is 0.417. The van der Waals surface area contributed by atoms with E-state index in [1.807, 2.05) is 6.07 Å². The molecule has 1 aliphatic carbocycles. The van der Waals surface area contributed by atoms with Crippen molar-refractivity contribution in [1.82, 2.24) is 0 Å². The predicted octanol–water partition coefficient (Wildman–Crippen LogP) is 3.08. The van der Waals surface area contributed by atoms with Crippen LogP contribution in [0.5, 0.6) is 0 Å². The first kappa shape index (κ1) is 9.40. The summed E-state index contributed by atoms with van der Waals surface area (Å²) < 4.78 is 1.10. The lowest BCUT2D eigenvalue weighted by molar-refractivity contribution is -0.121. The molecule has 0 spiro atoms. The minimum absolute atomic E-state index is 0.0445. The number of hydrogen-bond donors (Lipinski definition) is 1. The zero-order valence-corrected chi connectivity index (χ0v) is 9.88. The largest absolute Gasteiger partial charge is 0.375 e. The first-order valence-electron chi connectivity index (χ1n) is 5.34. The minimum Gasteiger partial charge on any atom is -0.375 e. The number of benzene rings is 1. The number of fused-ring (bicyclic) bond motifs is 3. The first-order valence-corrected chi connectivity index (χ1v) is 6.14. The molecule has 1 aromatic carbocycles. The lowest BCUT2D eigenvalue weighted by Crippen LogP contribution is -2.33. The van der Waals surface area contributed by atoms with Gasteiger partial charge in [-0.15, -0.1) is 0 Å². The molecule has 1 N–H and O–H groups in total. The van der Waals surface area contributed by atoms with E-state index in [1.165, 1.54) is 5.56 Å². The number of hydrogen-bond acceptors (Lipinski definition) is 2. The lowest BCUT2D eigenvalue weighted by atomic mass is 9.82. The number of nitrogens with one attached hydrogen (secondary N) is 1. The molecular weight excluding hydrogens is 254 g/mol. The summed E-state index contributed by atoms with van der Waals surface area (Å²) in [4.78, 5) is 11.8. The van der Waals surface area contributed by atoms with Crippen LogP contribution in [-0.4, -0.2) is 11.8 Å². The highest BCUT2D eigenvalue weighted by Gasteiger charge is 2.38. The second kappa shape index (κ2) is 3.34. The molecule has 1 aromatic rings. The summed E-state index contributed by atoms with van der Waals surface area (Å²) in [7, 11) is 0. The van der Waals surface area contributed by atoms with Crippen LogP contribution in [0.2, 0.25) is 0 Å². The van der Waals surface area contributed by atoms with Crippen molar-refractivity contribution in [3.8, 4) is 0 Å². The molecule has 1 fully saturated rings. The van der Waals surface area contributed by atoms with E-state index in [0.29, 0.717) is 11.7 Å². The summed E-state index contributed by atoms with van der Waals surface area (Å²) >= 11 is 3.48. The van der Waals surface area contributed by atoms with Crippen LogP contribution in [0.1, 0.15) is 30.7 Å². The van der Waals surface area contributed by atoms with Crippen LogP contribution < -0.4 is 5.32 Å². The molecule has 0 bridgehead atoms. The van der Waals surface area contributed by atoms with Crippen molar-refractivity contribution >= 4 is 27.4 Å². The van der Waals surface area contributed by atoms with Gasteiger partial charge in [0, 0.05) is 22.5 Å². The van der Waals surface area contributed by atoms with Gasteiger partial charge >= 0.3 is 0 Å². The van der Waals surface area contributed by atoms with Gasteiger partial charge in [0.05, 0.1) is 6.04 Å². The number of carbonyl (C=O) groups is 1. The lowest BCUT2D eigenvalue weighted by Gasteiger charge is -2.24. The molecule has 2 atom stereocenters. The van der Waals surface area contributed by atoms with E-state index in [2.05, 4.69) is 33.4 Å². The van der Waals surface area contributed by atoms with E-state index in [9.17, 15) is 4.79 Å². The Labute approximate surface area is 97.2 Å². The third-order valence-corrected chi connectivity index (χ3v) is 3.90. The first-order chi connectivity index (χ1) is 7.25. The van der Waals surface area contributed by atoms with Gasteiger partial charge in [-0.25, -0.2) is 0 Å². The maximum absolute atomic E-state index is 11.8. The SMILES string of the molecule is O=C1CCCC2c3cc(Br)ccc3NC12. The Kier molecular flexibility index (Phi) is 2.09. The van der Waals surface area contributed by atoms with Gasteiger partial charge in [0.25, 0.3) is 0 Å². The predicted molar refractivity (Wildman–Crippen MR) is 63.2 cm³/mol. The molecule has 1 saturated carbocycles. The third kappa shape index (κ3) is 1.41. The van der Waals surface area contributed by atoms with Gasteiger partial charge in [0.1, 0.15) is 0 Å². The van der Waals surface area contributed by atoms with Gasteiger partial charge in [-0.3, -0.25) is 4.79 Å². The molecule has 2 aliphatic rings. The highest BCUT2D eigenvalue weighted by molar-refractivity contribution is 9.10. The van der Waals surface area contributed by atoms with Crippen LogP contribution in [0.25, 0.3) is 0 Å². The molecule has 2 unspecified atom stereocenters. The summed E-state index contributed by atoms with van der Waals surface area (Å²) in [5.74, 6) is 0.775. The summed E-state index contributed by atoms with van der Waals surface area (Å²) in [6, 6.07) is 6.27. The van der Waals surface area contributed by atoms with Crippen molar-refractivity contribution in [2.75, 3.05) is 5.32 Å². The van der Waals surface area contributed by atoms with Crippen LogP contribution in [0, 0.1) is 0 Å². The average molecular weight is 266 g/mol. The molecule has 1 heterocycles. The Morgan fingerprint density at radius 1 is 1.40 bits per heavy atom. The zero-order chi connectivity index (χ0) is 10.4. The Morgan fingerprint density at radius 3 is 3.13 bits per heavy atom. The summed E-state index contributed by atoms with van der Waals surface area (Å²) in [6.45, 7) is 0. The third-order valence-electron chi connectivity index (χ3n) is 3.41. The molecule has 78 valence electrons. The Bertz CT molecular complexity index is 430. The second-order valence-corrected chi connectivity index (χ2v) is 5.23. The fourth-order valence-corrected chi connectivity index (χ4v) is 3.08. The van der Waals surface area contributed by atoms with E-state index in [1.54, 1.807) is 0 Å². The number of ketones is 1. The molecule has 3 heteroatoms. The number of carbonyl (C=O) groups excluding carboxylic acids is 1. The molecule has 0 radical (unpaired) electrons. The van der Waals surface area contributed by atoms with Gasteiger partial charge in [-0.2, -0.15) is 0 Å². The van der Waals surface area contributed by atoms with Crippen LogP contribution >= 0.6 is 15.9 Å². The fourth-order valence-electron chi connectivity index (χ4n) is 2.70. The van der Waals surface area contributed by atoms with Crippen molar-refractivity contribution < 1.29 is 4.79 Å². The van der Waals surface area contributed by atoms with Crippen LogP contribution in [0.3, 0.4) is 0 Å². The standard InChI is InChI=1S/C12H12BrNO/c13-7-4-5-10-9(6-7)8-2-1-3-11(15)12(8)14-10/h4-6,8,12,14H,1-3H2. The van der Waals surface area contributed by atoms with Gasteiger partial charge in [-0.1, -0.05) is 15.9 Å². The quantitative estimate of drug-likeness (QED) is 0.781. The topological polar surface area (TPSA) is 29.1 Å². The monoisotopic (exact) mass is 265 g/mol. The van der Waals surface area contributed by atoms with E-state index >= 15 is 0 Å².